The molecule has 35 heavy (non-hydrogen) atoms. The van der Waals surface area contributed by atoms with Crippen molar-refractivity contribution in [1.29, 1.82) is 0 Å². The Labute approximate surface area is 212 Å². The summed E-state index contributed by atoms with van der Waals surface area (Å²) >= 11 is 0. The number of allylic oxidation sites excluding steroid dienone is 2. The van der Waals surface area contributed by atoms with Crippen LogP contribution in [0.1, 0.15) is 46.5 Å². The van der Waals surface area contributed by atoms with Gasteiger partial charge in [0.1, 0.15) is 18.3 Å². The molecule has 0 bridgehead atoms. The van der Waals surface area contributed by atoms with Crippen LogP contribution in [0.3, 0.4) is 0 Å². The van der Waals surface area contributed by atoms with Crippen LogP contribution in [0.15, 0.2) is 54.1 Å². The van der Waals surface area contributed by atoms with Crippen molar-refractivity contribution in [3.8, 4) is 0 Å². The fourth-order valence-electron chi connectivity index (χ4n) is 5.41. The van der Waals surface area contributed by atoms with E-state index in [1.54, 1.807) is 13.2 Å². The Morgan fingerprint density at radius 1 is 1.14 bits per heavy atom. The molecule has 7 heteroatoms. The van der Waals surface area contributed by atoms with Gasteiger partial charge in [-0.2, -0.15) is 0 Å². The van der Waals surface area contributed by atoms with Crippen LogP contribution in [-0.2, 0) is 23.4 Å². The van der Waals surface area contributed by atoms with Gasteiger partial charge in [-0.15, -0.1) is 0 Å². The van der Waals surface area contributed by atoms with Crippen molar-refractivity contribution in [3.63, 3.8) is 0 Å². The predicted octanol–water partition coefficient (Wildman–Crippen LogP) is 5.40. The van der Waals surface area contributed by atoms with Gasteiger partial charge in [-0.05, 0) is 30.6 Å². The van der Waals surface area contributed by atoms with Crippen LogP contribution in [0.2, 0.25) is 18.1 Å². The highest BCUT2D eigenvalue weighted by Crippen LogP contribution is 2.42. The summed E-state index contributed by atoms with van der Waals surface area (Å²) in [5.74, 6) is 0.0328. The van der Waals surface area contributed by atoms with Gasteiger partial charge < -0.3 is 28.5 Å². The third kappa shape index (κ3) is 6.52. The van der Waals surface area contributed by atoms with E-state index >= 15 is 0 Å². The molecule has 2 heterocycles. The van der Waals surface area contributed by atoms with Crippen molar-refractivity contribution < 1.29 is 28.5 Å². The summed E-state index contributed by atoms with van der Waals surface area (Å²) in [5.41, 5.74) is 2.08. The molecule has 1 N–H and O–H groups in total. The molecule has 0 spiro atoms. The first kappa shape index (κ1) is 28.3. The molecular formula is C28H44O6Si. The van der Waals surface area contributed by atoms with E-state index in [1.807, 2.05) is 42.5 Å². The van der Waals surface area contributed by atoms with E-state index < -0.39 is 14.6 Å². The quantitative estimate of drug-likeness (QED) is 0.304. The molecule has 196 valence electrons. The van der Waals surface area contributed by atoms with Crippen molar-refractivity contribution in [3.05, 3.63) is 59.7 Å². The minimum absolute atomic E-state index is 0.0136. The number of hydrogen-bond acceptors (Lipinski definition) is 6. The number of hydrogen-bond donors (Lipinski definition) is 1. The molecule has 2 saturated heterocycles. The van der Waals surface area contributed by atoms with Gasteiger partial charge in [0.15, 0.2) is 14.6 Å². The molecule has 2 fully saturated rings. The van der Waals surface area contributed by atoms with Gasteiger partial charge in [0, 0.05) is 18.6 Å². The Morgan fingerprint density at radius 3 is 2.43 bits per heavy atom. The molecule has 1 aromatic rings. The van der Waals surface area contributed by atoms with E-state index in [9.17, 15) is 0 Å². The van der Waals surface area contributed by atoms with Gasteiger partial charge in [0.25, 0.3) is 0 Å². The summed E-state index contributed by atoms with van der Waals surface area (Å²) in [6, 6.07) is 13.3. The topological polar surface area (TPSA) is 66.4 Å². The van der Waals surface area contributed by atoms with Crippen molar-refractivity contribution in [2.24, 2.45) is 5.92 Å². The second kappa shape index (κ2) is 13.3. The van der Waals surface area contributed by atoms with Crippen LogP contribution in [0, 0.1) is 5.92 Å². The number of benzene rings is 1. The molecular weight excluding hydrogens is 460 g/mol. The summed E-state index contributed by atoms with van der Waals surface area (Å²) in [5, 5.41) is 9.09. The minimum atomic E-state index is -1.94. The average Bonchev–Trinajstić information content (AvgIpc) is 3.25. The number of aliphatic hydroxyl groups is 1. The lowest BCUT2D eigenvalue weighted by Gasteiger charge is -2.40. The Morgan fingerprint density at radius 2 is 1.83 bits per heavy atom. The Bertz CT molecular complexity index is 816. The number of rotatable bonds is 12. The lowest BCUT2D eigenvalue weighted by molar-refractivity contribution is -0.251. The van der Waals surface area contributed by atoms with Crippen LogP contribution in [0.25, 0.3) is 0 Å². The molecule has 1 aromatic carbocycles. The van der Waals surface area contributed by atoms with Gasteiger partial charge in [-0.25, -0.2) is 0 Å². The largest absolute Gasteiger partial charge is 0.409 e. The number of ether oxygens (including phenoxy) is 4. The third-order valence-corrected chi connectivity index (χ3v) is 12.4. The summed E-state index contributed by atoms with van der Waals surface area (Å²) in [4.78, 5) is 0. The summed E-state index contributed by atoms with van der Waals surface area (Å²) in [6.45, 7) is 11.5. The first-order valence-corrected chi connectivity index (χ1v) is 15.6. The molecule has 0 aliphatic carbocycles. The van der Waals surface area contributed by atoms with Crippen LogP contribution in [0.5, 0.6) is 0 Å². The van der Waals surface area contributed by atoms with Gasteiger partial charge in [0.05, 0.1) is 25.4 Å². The Hall–Kier alpha value is -1.32. The van der Waals surface area contributed by atoms with E-state index in [2.05, 4.69) is 34.6 Å². The zero-order valence-electron chi connectivity index (χ0n) is 22.2. The number of fused-ring (bicyclic) bond motifs is 1. The molecule has 0 aromatic heterocycles. The van der Waals surface area contributed by atoms with Crippen molar-refractivity contribution in [1.82, 2.24) is 0 Å². The molecule has 7 atom stereocenters. The van der Waals surface area contributed by atoms with Gasteiger partial charge >= 0.3 is 0 Å². The lowest BCUT2D eigenvalue weighted by atomic mass is 9.89. The fourth-order valence-corrected chi connectivity index (χ4v) is 8.26. The first-order chi connectivity index (χ1) is 16.9. The smallest absolute Gasteiger partial charge is 0.192 e. The van der Waals surface area contributed by atoms with Gasteiger partial charge in [-0.3, -0.25) is 0 Å². The Kier molecular flexibility index (Phi) is 10.7. The molecule has 0 saturated carbocycles. The van der Waals surface area contributed by atoms with E-state index in [-0.39, 0.29) is 43.0 Å². The first-order valence-electron chi connectivity index (χ1n) is 13.1. The monoisotopic (exact) mass is 504 g/mol. The van der Waals surface area contributed by atoms with Crippen LogP contribution in [0.4, 0.5) is 0 Å². The maximum absolute atomic E-state index is 9.09. The van der Waals surface area contributed by atoms with E-state index in [0.717, 1.165) is 29.3 Å². The predicted molar refractivity (Wildman–Crippen MR) is 141 cm³/mol. The summed E-state index contributed by atoms with van der Waals surface area (Å²) in [7, 11) is -0.205. The average molecular weight is 505 g/mol. The van der Waals surface area contributed by atoms with Crippen molar-refractivity contribution in [2.45, 2.75) is 89.6 Å². The fraction of sp³-hybridized carbons (Fsp3) is 0.643. The van der Waals surface area contributed by atoms with Crippen LogP contribution in [-0.4, -0.2) is 64.3 Å². The molecule has 2 aliphatic rings. The highest BCUT2D eigenvalue weighted by Gasteiger charge is 2.54. The second-order valence-corrected chi connectivity index (χ2v) is 14.4. The summed E-state index contributed by atoms with van der Waals surface area (Å²) < 4.78 is 32.4. The number of aliphatic hydroxyl groups excluding tert-OH is 1. The van der Waals surface area contributed by atoms with Crippen LogP contribution >= 0.6 is 0 Å². The highest BCUT2D eigenvalue weighted by molar-refractivity contribution is 6.73. The SMILES string of the molecule is CC[Si](CC)(CC)O[C@H]1[C@@H]([C@H](C)[C@H](OC)/C(C)=C/C=C/CO)O[C@H]2CO[C@@H](c3ccccc3)O[C@@H]12. The van der Waals surface area contributed by atoms with Crippen LogP contribution < -0.4 is 0 Å². The van der Waals surface area contributed by atoms with Gasteiger partial charge in [-0.1, -0.05) is 76.3 Å². The second-order valence-electron chi connectivity index (χ2n) is 9.68. The molecule has 0 unspecified atom stereocenters. The Balaban J connectivity index is 1.90. The molecule has 3 rings (SSSR count). The lowest BCUT2D eigenvalue weighted by Crippen LogP contribution is -2.51. The number of methoxy groups -OCH3 is 1. The molecule has 2 aliphatic heterocycles. The van der Waals surface area contributed by atoms with Crippen molar-refractivity contribution >= 4 is 8.32 Å². The minimum Gasteiger partial charge on any atom is -0.409 e. The maximum atomic E-state index is 9.09. The standard InChI is InChI=1S/C28H44O6Si/c1-7-35(8-2,9-3)34-27-25(21(5)24(30-6)20(4)15-13-14-18-29)32-23-19-31-28(33-26(23)27)22-16-11-10-12-17-22/h10-17,21,23-29H,7-9,18-19H2,1-6H3/b14-13+,20-15+/t21-,23+,24-,25-,26-,27+,28-/m1/s1. The van der Waals surface area contributed by atoms with E-state index in [4.69, 9.17) is 28.5 Å². The third-order valence-electron chi connectivity index (χ3n) is 7.73. The highest BCUT2D eigenvalue weighted by atomic mass is 28.4. The van der Waals surface area contributed by atoms with Crippen molar-refractivity contribution in [2.75, 3.05) is 20.3 Å². The zero-order valence-corrected chi connectivity index (χ0v) is 23.2. The molecule has 6 nitrogen and oxygen atoms in total. The zero-order chi connectivity index (χ0) is 25.4. The van der Waals surface area contributed by atoms with E-state index in [0.29, 0.717) is 6.61 Å². The summed E-state index contributed by atoms with van der Waals surface area (Å²) in [6.07, 6.45) is 4.24. The molecule has 0 radical (unpaired) electrons. The normalized spacial score (nSPS) is 29.3. The van der Waals surface area contributed by atoms with E-state index in [1.165, 1.54) is 0 Å². The molecule has 0 amide bonds. The van der Waals surface area contributed by atoms with Gasteiger partial charge in [0.2, 0.25) is 0 Å². The maximum Gasteiger partial charge on any atom is 0.192 e.